The van der Waals surface area contributed by atoms with Gasteiger partial charge in [-0.1, -0.05) is 0 Å². The summed E-state index contributed by atoms with van der Waals surface area (Å²) >= 11 is 0. The van der Waals surface area contributed by atoms with E-state index in [9.17, 15) is 0 Å². The van der Waals surface area contributed by atoms with Gasteiger partial charge in [0, 0.05) is 13.2 Å². The van der Waals surface area contributed by atoms with Crippen molar-refractivity contribution in [1.29, 1.82) is 0 Å². The minimum absolute atomic E-state index is 0.258. The summed E-state index contributed by atoms with van der Waals surface area (Å²) in [5.74, 6) is 0. The van der Waals surface area contributed by atoms with Crippen molar-refractivity contribution in [2.45, 2.75) is 13.2 Å². The number of hydrogen-bond donors (Lipinski definition) is 3. The summed E-state index contributed by atoms with van der Waals surface area (Å²) < 4.78 is 9.24. The summed E-state index contributed by atoms with van der Waals surface area (Å²) in [5.41, 5.74) is 10.3. The molecule has 0 aromatic carbocycles. The Balaban J connectivity index is 3.16. The Bertz CT molecular complexity index is 82.9. The summed E-state index contributed by atoms with van der Waals surface area (Å²) in [7, 11) is -1.26. The molecule has 10 heavy (non-hydrogen) atoms. The molecule has 5 nitrogen and oxygen atoms in total. The van der Waals surface area contributed by atoms with Gasteiger partial charge in [-0.3, -0.25) is 0 Å². The number of hydrogen-bond acceptors (Lipinski definition) is 5. The lowest BCUT2D eigenvalue weighted by molar-refractivity contribution is 0.0997. The van der Waals surface area contributed by atoms with E-state index in [4.69, 9.17) is 16.5 Å². The molecule has 6 heteroatoms. The van der Waals surface area contributed by atoms with Crippen LogP contribution in [0.15, 0.2) is 0 Å². The lowest BCUT2D eigenvalue weighted by Gasteiger charge is -2.09. The lowest BCUT2D eigenvalue weighted by Crippen LogP contribution is -2.33. The van der Waals surface area contributed by atoms with Crippen LogP contribution in [0.25, 0.3) is 0 Å². The quantitative estimate of drug-likeness (QED) is 0.318. The molecule has 0 aliphatic carbocycles. The van der Waals surface area contributed by atoms with Crippen molar-refractivity contribution in [3.63, 3.8) is 0 Å². The predicted molar refractivity (Wildman–Crippen MR) is 37.7 cm³/mol. The fraction of sp³-hybridized carbons (Fsp3) is 1.00. The Kier molecular flexibility index (Phi) is 5.56. The maximum absolute atomic E-state index is 8.77. The zero-order chi connectivity index (χ0) is 7.98. The highest BCUT2D eigenvalue weighted by molar-refractivity contribution is 6.34. The molecule has 0 saturated carbocycles. The van der Waals surface area contributed by atoms with Gasteiger partial charge in [0.05, 0.1) is 6.23 Å². The molecule has 0 aliphatic heterocycles. The molecular weight excluding hydrogens is 135 g/mol. The minimum atomic E-state index is -1.26. The Hall–Kier alpha value is -0.135. The summed E-state index contributed by atoms with van der Waals surface area (Å²) in [5, 5.41) is 8.77. The summed E-state index contributed by atoms with van der Waals surface area (Å²) in [4.78, 5) is 0. The standard InChI is InChI=1S/C4H13BN2O3/c1-4(7)10-5(8)9-3-2-6/h4,8H,2-3,6-7H2,1H3. The van der Waals surface area contributed by atoms with Gasteiger partial charge < -0.3 is 25.8 Å². The molecule has 0 fully saturated rings. The van der Waals surface area contributed by atoms with E-state index >= 15 is 0 Å². The van der Waals surface area contributed by atoms with Gasteiger partial charge in [0.1, 0.15) is 0 Å². The van der Waals surface area contributed by atoms with Crippen LogP contribution in [0.4, 0.5) is 0 Å². The Morgan fingerprint density at radius 3 is 2.70 bits per heavy atom. The van der Waals surface area contributed by atoms with Gasteiger partial charge in [0.25, 0.3) is 0 Å². The van der Waals surface area contributed by atoms with Crippen LogP contribution in [0.5, 0.6) is 0 Å². The van der Waals surface area contributed by atoms with E-state index in [2.05, 4.69) is 9.31 Å². The zero-order valence-electron chi connectivity index (χ0n) is 5.99. The third-order valence-electron chi connectivity index (χ3n) is 0.709. The van der Waals surface area contributed by atoms with Gasteiger partial charge in [0.15, 0.2) is 0 Å². The molecule has 60 valence electrons. The Labute approximate surface area is 60.5 Å². The molecular formula is C4H13BN2O3. The van der Waals surface area contributed by atoms with Crippen molar-refractivity contribution in [1.82, 2.24) is 0 Å². The van der Waals surface area contributed by atoms with Crippen LogP contribution in [0.2, 0.25) is 0 Å². The fourth-order valence-electron chi connectivity index (χ4n) is 0.392. The van der Waals surface area contributed by atoms with Gasteiger partial charge in [-0.05, 0) is 6.92 Å². The van der Waals surface area contributed by atoms with Crippen molar-refractivity contribution < 1.29 is 14.3 Å². The maximum atomic E-state index is 8.77. The molecule has 0 amide bonds. The molecule has 0 heterocycles. The molecule has 0 saturated heterocycles. The van der Waals surface area contributed by atoms with Crippen LogP contribution in [0.1, 0.15) is 6.92 Å². The first-order valence-corrected chi connectivity index (χ1v) is 3.07. The van der Waals surface area contributed by atoms with E-state index in [-0.39, 0.29) is 6.61 Å². The largest absolute Gasteiger partial charge is 0.637 e. The van der Waals surface area contributed by atoms with Crippen molar-refractivity contribution >= 4 is 7.32 Å². The van der Waals surface area contributed by atoms with E-state index in [1.54, 1.807) is 6.92 Å². The highest BCUT2D eigenvalue weighted by atomic mass is 16.7. The minimum Gasteiger partial charge on any atom is -0.402 e. The second-order valence-electron chi connectivity index (χ2n) is 1.81. The molecule has 0 aromatic heterocycles. The van der Waals surface area contributed by atoms with E-state index in [1.807, 2.05) is 0 Å². The molecule has 1 unspecified atom stereocenters. The van der Waals surface area contributed by atoms with Crippen molar-refractivity contribution in [2.75, 3.05) is 13.2 Å². The summed E-state index contributed by atoms with van der Waals surface area (Å²) in [6.07, 6.45) is -0.534. The molecule has 1 atom stereocenters. The van der Waals surface area contributed by atoms with Gasteiger partial charge in [-0.15, -0.1) is 0 Å². The van der Waals surface area contributed by atoms with Crippen molar-refractivity contribution in [2.24, 2.45) is 11.5 Å². The first-order chi connectivity index (χ1) is 4.66. The number of rotatable bonds is 5. The van der Waals surface area contributed by atoms with Crippen LogP contribution in [-0.2, 0) is 9.31 Å². The average molecular weight is 148 g/mol. The second-order valence-corrected chi connectivity index (χ2v) is 1.81. The molecule has 0 radical (unpaired) electrons. The topological polar surface area (TPSA) is 90.7 Å². The molecule has 0 rings (SSSR count). The van der Waals surface area contributed by atoms with Crippen LogP contribution >= 0.6 is 0 Å². The van der Waals surface area contributed by atoms with Crippen LogP contribution < -0.4 is 11.5 Å². The molecule has 0 aromatic rings. The SMILES string of the molecule is CC(N)OB(O)OCCN. The lowest BCUT2D eigenvalue weighted by atomic mass is 10.2. The summed E-state index contributed by atoms with van der Waals surface area (Å²) in [6.45, 7) is 2.20. The normalized spacial score (nSPS) is 13.2. The first kappa shape index (κ1) is 9.86. The third-order valence-corrected chi connectivity index (χ3v) is 0.709. The maximum Gasteiger partial charge on any atom is 0.637 e. The van der Waals surface area contributed by atoms with Crippen LogP contribution in [0, 0.1) is 0 Å². The van der Waals surface area contributed by atoms with Crippen molar-refractivity contribution in [3.8, 4) is 0 Å². The molecule has 5 N–H and O–H groups in total. The van der Waals surface area contributed by atoms with Gasteiger partial charge in [-0.25, -0.2) is 0 Å². The van der Waals surface area contributed by atoms with Gasteiger partial charge in [0.2, 0.25) is 0 Å². The molecule has 0 aliphatic rings. The monoisotopic (exact) mass is 148 g/mol. The van der Waals surface area contributed by atoms with Crippen LogP contribution in [-0.4, -0.2) is 31.7 Å². The smallest absolute Gasteiger partial charge is 0.402 e. The fourth-order valence-corrected chi connectivity index (χ4v) is 0.392. The van der Waals surface area contributed by atoms with Gasteiger partial charge in [-0.2, -0.15) is 0 Å². The van der Waals surface area contributed by atoms with Crippen LogP contribution in [0.3, 0.4) is 0 Å². The van der Waals surface area contributed by atoms with Gasteiger partial charge >= 0.3 is 7.32 Å². The zero-order valence-corrected chi connectivity index (χ0v) is 5.99. The second kappa shape index (κ2) is 5.63. The first-order valence-electron chi connectivity index (χ1n) is 3.07. The number of nitrogens with two attached hydrogens (primary N) is 2. The predicted octanol–water partition coefficient (Wildman–Crippen LogP) is -1.74. The Morgan fingerprint density at radius 2 is 2.30 bits per heavy atom. The molecule has 0 bridgehead atoms. The highest BCUT2D eigenvalue weighted by Crippen LogP contribution is 1.86. The Morgan fingerprint density at radius 1 is 1.70 bits per heavy atom. The third kappa shape index (κ3) is 5.99. The summed E-state index contributed by atoms with van der Waals surface area (Å²) in [6, 6.07) is 0. The average Bonchev–Trinajstić information content (AvgIpc) is 1.82. The van der Waals surface area contributed by atoms with E-state index in [1.165, 1.54) is 0 Å². The van der Waals surface area contributed by atoms with Crippen molar-refractivity contribution in [3.05, 3.63) is 0 Å². The van der Waals surface area contributed by atoms with E-state index < -0.39 is 13.5 Å². The highest BCUT2D eigenvalue weighted by Gasteiger charge is 2.16. The van der Waals surface area contributed by atoms with E-state index in [0.29, 0.717) is 6.54 Å². The molecule has 0 spiro atoms. The van der Waals surface area contributed by atoms with E-state index in [0.717, 1.165) is 0 Å².